The van der Waals surface area contributed by atoms with E-state index in [2.05, 4.69) is 4.90 Å². The molecule has 27 heavy (non-hydrogen) atoms. The Kier molecular flexibility index (Phi) is 6.36. The number of piperazine rings is 1. The molecule has 0 amide bonds. The Morgan fingerprint density at radius 3 is 2.41 bits per heavy atom. The van der Waals surface area contributed by atoms with Gasteiger partial charge in [-0.1, -0.05) is 11.6 Å². The molecular formula is C19H23ClN3O4+. The van der Waals surface area contributed by atoms with E-state index in [1.807, 2.05) is 24.3 Å². The molecule has 0 bridgehead atoms. The SMILES string of the molecule is COc1ccc(OCC[NH+]2CCN(c3ccc([N+](=O)[O-])cc3Cl)CC2)cc1. The molecule has 8 heteroatoms. The summed E-state index contributed by atoms with van der Waals surface area (Å²) in [5.74, 6) is 1.65. The minimum atomic E-state index is -0.430. The van der Waals surface area contributed by atoms with Crippen molar-refractivity contribution < 1.29 is 19.3 Å². The van der Waals surface area contributed by atoms with Gasteiger partial charge in [-0.05, 0) is 30.3 Å². The highest BCUT2D eigenvalue weighted by molar-refractivity contribution is 6.33. The normalized spacial score (nSPS) is 14.8. The van der Waals surface area contributed by atoms with Crippen LogP contribution in [0, 0.1) is 10.1 Å². The minimum Gasteiger partial charge on any atom is -0.497 e. The van der Waals surface area contributed by atoms with Crippen LogP contribution in [0.4, 0.5) is 11.4 Å². The van der Waals surface area contributed by atoms with Crippen LogP contribution in [-0.4, -0.2) is 51.4 Å². The van der Waals surface area contributed by atoms with Gasteiger partial charge in [-0.3, -0.25) is 10.1 Å². The molecule has 0 unspecified atom stereocenters. The number of anilines is 1. The number of nitrogens with zero attached hydrogens (tertiary/aromatic N) is 2. The highest BCUT2D eigenvalue weighted by Crippen LogP contribution is 2.29. The van der Waals surface area contributed by atoms with Gasteiger partial charge in [0.15, 0.2) is 0 Å². The molecule has 0 saturated carbocycles. The van der Waals surface area contributed by atoms with Crippen LogP contribution in [0.3, 0.4) is 0 Å². The summed E-state index contributed by atoms with van der Waals surface area (Å²) in [7, 11) is 1.64. The number of hydrogen-bond donors (Lipinski definition) is 1. The zero-order valence-corrected chi connectivity index (χ0v) is 15.9. The molecule has 1 saturated heterocycles. The summed E-state index contributed by atoms with van der Waals surface area (Å²) in [6, 6.07) is 12.2. The van der Waals surface area contributed by atoms with Crippen molar-refractivity contribution in [1.29, 1.82) is 0 Å². The molecule has 2 aromatic carbocycles. The molecule has 0 atom stereocenters. The van der Waals surface area contributed by atoms with Crippen LogP contribution in [0.2, 0.25) is 5.02 Å². The van der Waals surface area contributed by atoms with Gasteiger partial charge in [0.05, 0.1) is 48.9 Å². The molecule has 7 nitrogen and oxygen atoms in total. The van der Waals surface area contributed by atoms with Crippen molar-refractivity contribution in [3.05, 3.63) is 57.6 Å². The van der Waals surface area contributed by atoms with Crippen LogP contribution in [-0.2, 0) is 0 Å². The van der Waals surface area contributed by atoms with Crippen molar-refractivity contribution >= 4 is 23.0 Å². The Hall–Kier alpha value is -2.51. The van der Waals surface area contributed by atoms with Crippen LogP contribution < -0.4 is 19.3 Å². The average Bonchev–Trinajstić information content (AvgIpc) is 2.69. The third-order valence-electron chi connectivity index (χ3n) is 4.74. The highest BCUT2D eigenvalue weighted by Gasteiger charge is 2.22. The van der Waals surface area contributed by atoms with E-state index in [-0.39, 0.29) is 5.69 Å². The number of benzene rings is 2. The summed E-state index contributed by atoms with van der Waals surface area (Å²) in [5, 5.41) is 11.3. The van der Waals surface area contributed by atoms with E-state index in [1.54, 1.807) is 13.2 Å². The lowest BCUT2D eigenvalue weighted by atomic mass is 10.2. The maximum atomic E-state index is 10.8. The number of halogens is 1. The van der Waals surface area contributed by atoms with Crippen molar-refractivity contribution in [1.82, 2.24) is 0 Å². The fourth-order valence-corrected chi connectivity index (χ4v) is 3.46. The Morgan fingerprint density at radius 1 is 1.15 bits per heavy atom. The fourth-order valence-electron chi connectivity index (χ4n) is 3.16. The van der Waals surface area contributed by atoms with Crippen molar-refractivity contribution in [3.8, 4) is 11.5 Å². The Bertz CT molecular complexity index is 777. The molecular weight excluding hydrogens is 370 g/mol. The van der Waals surface area contributed by atoms with E-state index in [0.717, 1.165) is 49.9 Å². The summed E-state index contributed by atoms with van der Waals surface area (Å²) in [6.45, 7) is 5.23. The first-order valence-electron chi connectivity index (χ1n) is 8.86. The molecule has 0 aliphatic carbocycles. The third kappa shape index (κ3) is 5.02. The molecule has 0 radical (unpaired) electrons. The number of hydrogen-bond acceptors (Lipinski definition) is 5. The quantitative estimate of drug-likeness (QED) is 0.577. The second-order valence-electron chi connectivity index (χ2n) is 6.40. The maximum Gasteiger partial charge on any atom is 0.271 e. The molecule has 1 N–H and O–H groups in total. The molecule has 1 fully saturated rings. The number of nitro groups is 1. The summed E-state index contributed by atoms with van der Waals surface area (Å²) in [6.07, 6.45) is 0. The summed E-state index contributed by atoms with van der Waals surface area (Å²) < 4.78 is 10.9. The number of quaternary nitrogens is 1. The standard InChI is InChI=1S/C19H22ClN3O4/c1-26-16-3-5-17(6-4-16)27-13-12-21-8-10-22(11-9-21)19-7-2-15(23(24)25)14-18(19)20/h2-7,14H,8-13H2,1H3/p+1. The van der Waals surface area contributed by atoms with Gasteiger partial charge in [-0.15, -0.1) is 0 Å². The van der Waals surface area contributed by atoms with E-state index in [4.69, 9.17) is 21.1 Å². The van der Waals surface area contributed by atoms with Gasteiger partial charge in [-0.2, -0.15) is 0 Å². The van der Waals surface area contributed by atoms with Crippen LogP contribution in [0.5, 0.6) is 11.5 Å². The van der Waals surface area contributed by atoms with Gasteiger partial charge in [0.1, 0.15) is 24.7 Å². The van der Waals surface area contributed by atoms with Crippen LogP contribution in [0.15, 0.2) is 42.5 Å². The number of nitrogens with one attached hydrogen (secondary N) is 1. The van der Waals surface area contributed by atoms with Crippen molar-refractivity contribution in [2.24, 2.45) is 0 Å². The van der Waals surface area contributed by atoms with Crippen molar-refractivity contribution in [2.75, 3.05) is 51.3 Å². The van der Waals surface area contributed by atoms with Gasteiger partial charge >= 0.3 is 0 Å². The van der Waals surface area contributed by atoms with E-state index in [0.29, 0.717) is 11.6 Å². The van der Waals surface area contributed by atoms with Crippen molar-refractivity contribution in [2.45, 2.75) is 0 Å². The molecule has 0 spiro atoms. The zero-order chi connectivity index (χ0) is 19.2. The van der Waals surface area contributed by atoms with Gasteiger partial charge in [-0.25, -0.2) is 0 Å². The van der Waals surface area contributed by atoms with E-state index < -0.39 is 4.92 Å². The number of non-ortho nitro benzene ring substituents is 1. The second kappa shape index (κ2) is 8.92. The third-order valence-corrected chi connectivity index (χ3v) is 5.04. The van der Waals surface area contributed by atoms with Gasteiger partial charge in [0.25, 0.3) is 5.69 Å². The lowest BCUT2D eigenvalue weighted by molar-refractivity contribution is -0.900. The largest absolute Gasteiger partial charge is 0.497 e. The number of ether oxygens (including phenoxy) is 2. The Morgan fingerprint density at radius 2 is 1.81 bits per heavy atom. The molecule has 0 aromatic heterocycles. The number of rotatable bonds is 7. The maximum absolute atomic E-state index is 10.8. The van der Waals surface area contributed by atoms with Crippen LogP contribution in [0.25, 0.3) is 0 Å². The number of nitro benzene ring substituents is 1. The molecule has 3 rings (SSSR count). The van der Waals surface area contributed by atoms with E-state index >= 15 is 0 Å². The summed E-state index contributed by atoms with van der Waals surface area (Å²) in [4.78, 5) is 14.1. The molecule has 1 aliphatic heterocycles. The first-order chi connectivity index (χ1) is 13.1. The second-order valence-corrected chi connectivity index (χ2v) is 6.81. The Labute approximate surface area is 163 Å². The molecule has 2 aromatic rings. The zero-order valence-electron chi connectivity index (χ0n) is 15.2. The Balaban J connectivity index is 1.45. The first-order valence-corrected chi connectivity index (χ1v) is 9.24. The first kappa shape index (κ1) is 19.3. The molecule has 144 valence electrons. The highest BCUT2D eigenvalue weighted by atomic mass is 35.5. The number of methoxy groups -OCH3 is 1. The fraction of sp³-hybridized carbons (Fsp3) is 0.368. The summed E-state index contributed by atoms with van der Waals surface area (Å²) >= 11 is 6.23. The lowest BCUT2D eigenvalue weighted by Crippen LogP contribution is -3.15. The average molecular weight is 393 g/mol. The summed E-state index contributed by atoms with van der Waals surface area (Å²) in [5.41, 5.74) is 0.875. The van der Waals surface area contributed by atoms with Crippen LogP contribution in [0.1, 0.15) is 0 Å². The molecule has 1 heterocycles. The van der Waals surface area contributed by atoms with Crippen molar-refractivity contribution in [3.63, 3.8) is 0 Å². The predicted molar refractivity (Wildman–Crippen MR) is 104 cm³/mol. The predicted octanol–water partition coefficient (Wildman–Crippen LogP) is 2.04. The van der Waals surface area contributed by atoms with Crippen LogP contribution >= 0.6 is 11.6 Å². The lowest BCUT2D eigenvalue weighted by Gasteiger charge is -2.34. The molecule has 1 aliphatic rings. The van der Waals surface area contributed by atoms with Gasteiger partial charge in [0.2, 0.25) is 0 Å². The van der Waals surface area contributed by atoms with Gasteiger partial charge < -0.3 is 19.3 Å². The minimum absolute atomic E-state index is 0.0173. The van der Waals surface area contributed by atoms with Gasteiger partial charge in [0, 0.05) is 12.1 Å². The van der Waals surface area contributed by atoms with E-state index in [1.165, 1.54) is 17.0 Å². The topological polar surface area (TPSA) is 69.3 Å². The monoisotopic (exact) mass is 392 g/mol. The smallest absolute Gasteiger partial charge is 0.271 e. The van der Waals surface area contributed by atoms with E-state index in [9.17, 15) is 10.1 Å².